The van der Waals surface area contributed by atoms with Crippen LogP contribution in [0.25, 0.3) is 0 Å². The smallest absolute Gasteiger partial charge is 0.232 e. The normalized spacial score (nSPS) is 15.3. The number of aromatic nitrogens is 2. The predicted molar refractivity (Wildman–Crippen MR) is 99.4 cm³/mol. The van der Waals surface area contributed by atoms with Crippen molar-refractivity contribution in [3.05, 3.63) is 34.9 Å². The van der Waals surface area contributed by atoms with Crippen LogP contribution in [0.5, 0.6) is 0 Å². The van der Waals surface area contributed by atoms with Crippen molar-refractivity contribution < 1.29 is 8.42 Å². The van der Waals surface area contributed by atoms with Crippen LogP contribution in [0.3, 0.4) is 0 Å². The van der Waals surface area contributed by atoms with Crippen molar-refractivity contribution in [1.29, 1.82) is 0 Å². The Hall–Kier alpha value is -1.87. The van der Waals surface area contributed by atoms with Crippen molar-refractivity contribution in [3.8, 4) is 0 Å². The molecule has 0 atom stereocenters. The van der Waals surface area contributed by atoms with E-state index in [2.05, 4.69) is 36.5 Å². The van der Waals surface area contributed by atoms with Crippen molar-refractivity contribution in [2.45, 2.75) is 12.8 Å². The van der Waals surface area contributed by atoms with E-state index in [1.54, 1.807) is 18.3 Å². The number of halogens is 1. The topological polar surface area (TPSA) is 87.2 Å². The molecule has 1 aliphatic rings. The number of nitrogens with zero attached hydrogens (tertiary/aromatic N) is 3. The molecule has 1 aromatic heterocycles. The number of anilines is 4. The molecule has 2 N–H and O–H groups in total. The van der Waals surface area contributed by atoms with Crippen LogP contribution in [-0.4, -0.2) is 37.7 Å². The molecule has 2 aromatic rings. The highest BCUT2D eigenvalue weighted by Gasteiger charge is 2.18. The first-order chi connectivity index (χ1) is 11.4. The first kappa shape index (κ1) is 17.0. The van der Waals surface area contributed by atoms with Gasteiger partial charge in [0.2, 0.25) is 16.0 Å². The minimum Gasteiger partial charge on any atom is -0.369 e. The number of nitrogens with one attached hydrogen (secondary N) is 2. The van der Waals surface area contributed by atoms with Gasteiger partial charge in [0, 0.05) is 25.0 Å². The highest BCUT2D eigenvalue weighted by molar-refractivity contribution is 9.10. The van der Waals surface area contributed by atoms with Gasteiger partial charge in [-0.05, 0) is 47.0 Å². The van der Waals surface area contributed by atoms with Crippen LogP contribution in [-0.2, 0) is 10.0 Å². The van der Waals surface area contributed by atoms with Crippen molar-refractivity contribution in [1.82, 2.24) is 9.97 Å². The summed E-state index contributed by atoms with van der Waals surface area (Å²) in [6.07, 6.45) is 4.48. The van der Waals surface area contributed by atoms with Crippen molar-refractivity contribution in [2.75, 3.05) is 34.3 Å². The summed E-state index contributed by atoms with van der Waals surface area (Å²) >= 11 is 3.43. The average Bonchev–Trinajstić information content (AvgIpc) is 2.52. The van der Waals surface area contributed by atoms with Crippen LogP contribution in [0.4, 0.5) is 23.1 Å². The number of hydrogen-bond acceptors (Lipinski definition) is 6. The molecule has 9 heteroatoms. The number of benzene rings is 1. The van der Waals surface area contributed by atoms with E-state index in [1.165, 1.54) is 10.6 Å². The van der Waals surface area contributed by atoms with Crippen LogP contribution in [0.15, 0.2) is 34.9 Å². The Labute approximate surface area is 149 Å². The van der Waals surface area contributed by atoms with Gasteiger partial charge >= 0.3 is 0 Å². The molecule has 128 valence electrons. The second-order valence-electron chi connectivity index (χ2n) is 5.53. The quantitative estimate of drug-likeness (QED) is 0.749. The van der Waals surface area contributed by atoms with E-state index < -0.39 is 10.0 Å². The summed E-state index contributed by atoms with van der Waals surface area (Å²) in [6, 6.07) is 7.24. The molecule has 1 aromatic carbocycles. The Morgan fingerprint density at radius 2 is 2.12 bits per heavy atom. The summed E-state index contributed by atoms with van der Waals surface area (Å²) in [5.41, 5.74) is 1.36. The molecule has 1 aliphatic heterocycles. The zero-order valence-electron chi connectivity index (χ0n) is 13.2. The molecule has 4 bridgehead atoms. The van der Waals surface area contributed by atoms with E-state index >= 15 is 0 Å². The maximum absolute atomic E-state index is 12.1. The van der Waals surface area contributed by atoms with E-state index in [9.17, 15) is 8.42 Å². The number of fused-ring (bicyclic) bond motifs is 4. The largest absolute Gasteiger partial charge is 0.369 e. The SMILES string of the molecule is CS(=O)(=O)N1CCCCNc2nc(ncc2Br)Nc2cccc1c2. The molecule has 0 aliphatic carbocycles. The van der Waals surface area contributed by atoms with Gasteiger partial charge in [-0.1, -0.05) is 6.07 Å². The highest BCUT2D eigenvalue weighted by Crippen LogP contribution is 2.26. The highest BCUT2D eigenvalue weighted by atomic mass is 79.9. The second kappa shape index (κ2) is 6.94. The molecule has 0 saturated heterocycles. The van der Waals surface area contributed by atoms with Crippen molar-refractivity contribution in [2.24, 2.45) is 0 Å². The Morgan fingerprint density at radius 1 is 1.29 bits per heavy atom. The molecule has 0 amide bonds. The minimum atomic E-state index is -3.34. The predicted octanol–water partition coefficient (Wildman–Crippen LogP) is 2.95. The van der Waals surface area contributed by atoms with Gasteiger partial charge in [-0.15, -0.1) is 0 Å². The summed E-state index contributed by atoms with van der Waals surface area (Å²) in [6.45, 7) is 1.14. The lowest BCUT2D eigenvalue weighted by Gasteiger charge is -2.23. The maximum atomic E-state index is 12.1. The minimum absolute atomic E-state index is 0.439. The van der Waals surface area contributed by atoms with Crippen molar-refractivity contribution >= 4 is 49.1 Å². The van der Waals surface area contributed by atoms with Gasteiger partial charge in [0.05, 0.1) is 16.4 Å². The lowest BCUT2D eigenvalue weighted by molar-refractivity contribution is 0.594. The van der Waals surface area contributed by atoms with E-state index in [0.29, 0.717) is 30.5 Å². The molecule has 0 spiro atoms. The lowest BCUT2D eigenvalue weighted by Crippen LogP contribution is -2.31. The van der Waals surface area contributed by atoms with Gasteiger partial charge < -0.3 is 10.6 Å². The lowest BCUT2D eigenvalue weighted by atomic mass is 10.2. The molecular formula is C15H18BrN5O2S. The van der Waals surface area contributed by atoms with E-state index in [1.807, 2.05) is 12.1 Å². The molecule has 0 fully saturated rings. The van der Waals surface area contributed by atoms with Gasteiger partial charge in [0.25, 0.3) is 0 Å². The zero-order chi connectivity index (χ0) is 17.2. The Bertz CT molecular complexity index is 844. The number of hydrogen-bond donors (Lipinski definition) is 2. The third-order valence-corrected chi connectivity index (χ3v) is 5.39. The van der Waals surface area contributed by atoms with Crippen LogP contribution in [0, 0.1) is 0 Å². The number of sulfonamides is 1. The van der Waals surface area contributed by atoms with Gasteiger partial charge in [-0.2, -0.15) is 4.98 Å². The third kappa shape index (κ3) is 3.96. The van der Waals surface area contributed by atoms with Gasteiger partial charge in [0.15, 0.2) is 0 Å². The summed E-state index contributed by atoms with van der Waals surface area (Å²) in [4.78, 5) is 8.69. The summed E-state index contributed by atoms with van der Waals surface area (Å²) in [5.74, 6) is 1.16. The number of rotatable bonds is 1. The molecule has 7 nitrogen and oxygen atoms in total. The first-order valence-electron chi connectivity index (χ1n) is 7.55. The fourth-order valence-corrected chi connectivity index (χ4v) is 3.78. The van der Waals surface area contributed by atoms with Crippen LogP contribution in [0.2, 0.25) is 0 Å². The third-order valence-electron chi connectivity index (χ3n) is 3.62. The fourth-order valence-electron chi connectivity index (χ4n) is 2.49. The maximum Gasteiger partial charge on any atom is 0.232 e. The van der Waals surface area contributed by atoms with E-state index in [0.717, 1.165) is 23.0 Å². The second-order valence-corrected chi connectivity index (χ2v) is 8.30. The fraction of sp³-hybridized carbons (Fsp3) is 0.333. The molecular weight excluding hydrogens is 394 g/mol. The average molecular weight is 412 g/mol. The van der Waals surface area contributed by atoms with Crippen LogP contribution in [0.1, 0.15) is 12.8 Å². The van der Waals surface area contributed by atoms with E-state index in [4.69, 9.17) is 0 Å². The molecule has 0 saturated carbocycles. The molecule has 3 rings (SSSR count). The zero-order valence-corrected chi connectivity index (χ0v) is 15.6. The summed E-state index contributed by atoms with van der Waals surface area (Å²) in [5, 5.41) is 6.36. The molecule has 24 heavy (non-hydrogen) atoms. The molecule has 0 unspecified atom stereocenters. The monoisotopic (exact) mass is 411 g/mol. The summed E-state index contributed by atoms with van der Waals surface area (Å²) < 4.78 is 26.5. The molecule has 0 radical (unpaired) electrons. The Balaban J connectivity index is 2.01. The van der Waals surface area contributed by atoms with Crippen molar-refractivity contribution in [3.63, 3.8) is 0 Å². The van der Waals surface area contributed by atoms with Gasteiger partial charge in [-0.25, -0.2) is 13.4 Å². The van der Waals surface area contributed by atoms with Gasteiger partial charge in [-0.3, -0.25) is 4.31 Å². The summed E-state index contributed by atoms with van der Waals surface area (Å²) in [7, 11) is -3.34. The first-order valence-corrected chi connectivity index (χ1v) is 10.2. The van der Waals surface area contributed by atoms with Crippen LogP contribution < -0.4 is 14.9 Å². The van der Waals surface area contributed by atoms with E-state index in [-0.39, 0.29) is 0 Å². The Kier molecular flexibility index (Phi) is 4.91. The van der Waals surface area contributed by atoms with Gasteiger partial charge in [0.1, 0.15) is 5.82 Å². The standard InChI is InChI=1S/C15H18BrN5O2S/c1-24(22,23)21-8-3-2-7-17-14-13(16)10-18-15(20-14)19-11-5-4-6-12(21)9-11/h4-6,9-10H,2-3,7-8H2,1H3,(H2,17,18,19,20). The Morgan fingerprint density at radius 3 is 2.92 bits per heavy atom. The molecule has 2 heterocycles. The van der Waals surface area contributed by atoms with Crippen LogP contribution >= 0.6 is 15.9 Å².